The lowest BCUT2D eigenvalue weighted by Crippen LogP contribution is -2.40. The predicted molar refractivity (Wildman–Crippen MR) is 354 cm³/mol. The van der Waals surface area contributed by atoms with Gasteiger partial charge >= 0.3 is 17.9 Å². The second kappa shape index (κ2) is 62.7. The Bertz CT molecular complexity index is 1960. The van der Waals surface area contributed by atoms with Crippen molar-refractivity contribution >= 4 is 17.9 Å². The van der Waals surface area contributed by atoms with Crippen LogP contribution >= 0.6 is 0 Å². The molecule has 0 saturated carbocycles. The fraction of sp³-hybridized carbons (Fsp3) is 0.581. The van der Waals surface area contributed by atoms with E-state index in [9.17, 15) is 19.5 Å². The highest BCUT2D eigenvalue weighted by Crippen LogP contribution is 2.14. The van der Waals surface area contributed by atoms with Crippen LogP contribution in [0.5, 0.6) is 0 Å². The summed E-state index contributed by atoms with van der Waals surface area (Å²) in [5, 5.41) is 9.73. The zero-order valence-corrected chi connectivity index (χ0v) is 53.0. The zero-order chi connectivity index (χ0) is 60.5. The first-order chi connectivity index (χ1) is 40.6. The normalized spacial score (nSPS) is 13.9. The SMILES string of the molecule is CC/C=C\C/C=C\C/C=C\C/C=C\C/C=C\C/C=C\C/C=C\C/C=C\C/C=C\CCCCCCCCCCCC(=O)OC(COC(=O)CCCCCCC/C=C\C/C=C\C/C=C\C/C=C\C/C=C\CC)COC(OCC[N+](C)(C)C)C(=O)O. The number of esters is 2. The van der Waals surface area contributed by atoms with Crippen LogP contribution in [0, 0.1) is 0 Å². The van der Waals surface area contributed by atoms with Crippen LogP contribution in [0.4, 0.5) is 0 Å². The summed E-state index contributed by atoms with van der Waals surface area (Å²) >= 11 is 0. The van der Waals surface area contributed by atoms with Gasteiger partial charge in [0.25, 0.3) is 6.29 Å². The smallest absolute Gasteiger partial charge is 0.361 e. The number of ether oxygens (including phenoxy) is 4. The molecular formula is C74H118NO8+. The molecule has 0 fully saturated rings. The molecule has 83 heavy (non-hydrogen) atoms. The van der Waals surface area contributed by atoms with Gasteiger partial charge in [0.15, 0.2) is 6.10 Å². The third-order valence-electron chi connectivity index (χ3n) is 13.0. The molecule has 0 bridgehead atoms. The van der Waals surface area contributed by atoms with Crippen molar-refractivity contribution < 1.29 is 42.9 Å². The van der Waals surface area contributed by atoms with Gasteiger partial charge in [-0.1, -0.05) is 248 Å². The number of hydrogen-bond donors (Lipinski definition) is 1. The highest BCUT2D eigenvalue weighted by molar-refractivity contribution is 5.71. The molecule has 2 unspecified atom stereocenters. The maximum atomic E-state index is 12.9. The minimum Gasteiger partial charge on any atom is -0.477 e. The van der Waals surface area contributed by atoms with Crippen LogP contribution in [0.15, 0.2) is 170 Å². The Balaban J connectivity index is 4.25. The number of likely N-dealkylation sites (N-methyl/N-ethyl adjacent to an activating group) is 1. The van der Waals surface area contributed by atoms with Crippen LogP contribution in [-0.2, 0) is 33.3 Å². The van der Waals surface area contributed by atoms with Crippen LogP contribution in [0.25, 0.3) is 0 Å². The van der Waals surface area contributed by atoms with Crippen molar-refractivity contribution in [3.63, 3.8) is 0 Å². The van der Waals surface area contributed by atoms with Gasteiger partial charge in [0.1, 0.15) is 13.2 Å². The topological polar surface area (TPSA) is 108 Å². The Labute approximate surface area is 507 Å². The van der Waals surface area contributed by atoms with Crippen LogP contribution in [0.1, 0.15) is 219 Å². The van der Waals surface area contributed by atoms with E-state index >= 15 is 0 Å². The molecule has 0 aliphatic carbocycles. The van der Waals surface area contributed by atoms with Gasteiger partial charge in [0, 0.05) is 12.8 Å². The van der Waals surface area contributed by atoms with E-state index in [4.69, 9.17) is 18.9 Å². The number of carboxylic acids is 1. The molecule has 0 amide bonds. The lowest BCUT2D eigenvalue weighted by molar-refractivity contribution is -0.870. The Hall–Kier alpha value is -5.35. The minimum absolute atomic E-state index is 0.173. The minimum atomic E-state index is -1.53. The first kappa shape index (κ1) is 77.7. The summed E-state index contributed by atoms with van der Waals surface area (Å²) in [7, 11) is 5.95. The summed E-state index contributed by atoms with van der Waals surface area (Å²) in [4.78, 5) is 37.5. The van der Waals surface area contributed by atoms with Crippen LogP contribution in [-0.4, -0.2) is 87.4 Å². The molecule has 0 aromatic carbocycles. The number of carbonyl (C=O) groups excluding carboxylic acids is 2. The van der Waals surface area contributed by atoms with E-state index in [0.717, 1.165) is 148 Å². The standard InChI is InChI=1S/C74H117NO8/c1-6-8-10-12-14-16-18-20-22-24-26-28-29-30-31-32-33-34-35-36-37-38-39-40-41-42-43-45-47-49-51-53-55-57-59-61-63-65-72(77)83-70(69-82-74(73(78)79)80-67-66-75(3,4)5)68-81-71(76)64-62-60-58-56-54-52-50-48-46-44-27-25-23-21-19-17-15-13-11-9-7-2/h8-11,14-17,20-23,26-28,30-31,33-34,36-37,39-40,42-44,48,50,70,74H,6-7,12-13,18-19,24-25,29,32,35,38,41,45-47,49,51-69H2,1-5H3/p+1/b10-8-,11-9-,16-14-,17-15-,22-20-,23-21-,28-26-,31-30-,34-33-,37-36-,40-39-,43-42-,44-27-,50-48-. The van der Waals surface area contributed by atoms with Crippen molar-refractivity contribution in [2.24, 2.45) is 0 Å². The molecular weight excluding hydrogens is 1030 g/mol. The average Bonchev–Trinajstić information content (AvgIpc) is 3.46. The monoisotopic (exact) mass is 1150 g/mol. The number of rotatable bonds is 57. The van der Waals surface area contributed by atoms with Gasteiger partial charge < -0.3 is 28.5 Å². The quantitative estimate of drug-likeness (QED) is 0.0211. The fourth-order valence-electron chi connectivity index (χ4n) is 8.09. The van der Waals surface area contributed by atoms with E-state index in [1.165, 1.54) is 32.1 Å². The Morgan fingerprint density at radius 2 is 0.651 bits per heavy atom. The van der Waals surface area contributed by atoms with E-state index in [-0.39, 0.29) is 38.6 Å². The van der Waals surface area contributed by atoms with Crippen molar-refractivity contribution in [3.05, 3.63) is 170 Å². The van der Waals surface area contributed by atoms with E-state index in [1.54, 1.807) is 0 Å². The van der Waals surface area contributed by atoms with E-state index in [1.807, 2.05) is 21.1 Å². The lowest BCUT2D eigenvalue weighted by Gasteiger charge is -2.25. The molecule has 466 valence electrons. The van der Waals surface area contributed by atoms with Crippen molar-refractivity contribution in [2.45, 2.75) is 232 Å². The summed E-state index contributed by atoms with van der Waals surface area (Å²) < 4.78 is 22.9. The Kier molecular flexibility index (Phi) is 58.6. The van der Waals surface area contributed by atoms with Crippen molar-refractivity contribution in [1.29, 1.82) is 0 Å². The maximum absolute atomic E-state index is 12.9. The predicted octanol–water partition coefficient (Wildman–Crippen LogP) is 19.9. The largest absolute Gasteiger partial charge is 0.477 e. The van der Waals surface area contributed by atoms with Gasteiger partial charge in [-0.3, -0.25) is 9.59 Å². The van der Waals surface area contributed by atoms with Gasteiger partial charge in [0.05, 0.1) is 34.4 Å². The van der Waals surface area contributed by atoms with Gasteiger partial charge in [-0.25, -0.2) is 4.79 Å². The fourth-order valence-corrected chi connectivity index (χ4v) is 8.09. The van der Waals surface area contributed by atoms with Gasteiger partial charge in [-0.05, 0) is 128 Å². The number of aliphatic carboxylic acids is 1. The third-order valence-corrected chi connectivity index (χ3v) is 13.0. The van der Waals surface area contributed by atoms with Gasteiger partial charge in [0.2, 0.25) is 0 Å². The third kappa shape index (κ3) is 64.1. The van der Waals surface area contributed by atoms with Crippen LogP contribution in [0.3, 0.4) is 0 Å². The first-order valence-corrected chi connectivity index (χ1v) is 32.3. The maximum Gasteiger partial charge on any atom is 0.361 e. The van der Waals surface area contributed by atoms with Crippen molar-refractivity contribution in [1.82, 2.24) is 0 Å². The molecule has 9 heteroatoms. The molecule has 0 rings (SSSR count). The zero-order valence-electron chi connectivity index (χ0n) is 53.0. The van der Waals surface area contributed by atoms with Crippen molar-refractivity contribution in [3.8, 4) is 0 Å². The van der Waals surface area contributed by atoms with E-state index < -0.39 is 24.3 Å². The Morgan fingerprint density at radius 1 is 0.361 bits per heavy atom. The number of quaternary nitrogens is 1. The van der Waals surface area contributed by atoms with Crippen molar-refractivity contribution in [2.75, 3.05) is 47.5 Å². The number of unbranched alkanes of at least 4 members (excludes halogenated alkanes) is 14. The molecule has 0 aliphatic rings. The molecule has 0 radical (unpaired) electrons. The number of carbonyl (C=O) groups is 3. The second-order valence-corrected chi connectivity index (χ2v) is 22.0. The second-order valence-electron chi connectivity index (χ2n) is 22.0. The lowest BCUT2D eigenvalue weighted by atomic mass is 10.1. The van der Waals surface area contributed by atoms with Gasteiger partial charge in [-0.15, -0.1) is 0 Å². The first-order valence-electron chi connectivity index (χ1n) is 32.3. The summed E-state index contributed by atoms with van der Waals surface area (Å²) in [6.07, 6.45) is 91.5. The molecule has 0 aliphatic heterocycles. The molecule has 1 N–H and O–H groups in total. The molecule has 9 nitrogen and oxygen atoms in total. The molecule has 0 spiro atoms. The number of carboxylic acid groups (broad SMARTS) is 1. The number of hydrogen-bond acceptors (Lipinski definition) is 7. The molecule has 0 aromatic rings. The van der Waals surface area contributed by atoms with Gasteiger partial charge in [-0.2, -0.15) is 0 Å². The molecule has 0 saturated heterocycles. The summed E-state index contributed by atoms with van der Waals surface area (Å²) in [5.41, 5.74) is 0. The molecule has 0 aromatic heterocycles. The summed E-state index contributed by atoms with van der Waals surface area (Å²) in [5.74, 6) is -2.06. The van der Waals surface area contributed by atoms with E-state index in [2.05, 4.69) is 184 Å². The number of allylic oxidation sites excluding steroid dienone is 28. The van der Waals surface area contributed by atoms with Crippen LogP contribution < -0.4 is 0 Å². The van der Waals surface area contributed by atoms with E-state index in [0.29, 0.717) is 23.9 Å². The summed E-state index contributed by atoms with van der Waals surface area (Å²) in [6, 6.07) is 0. The molecule has 2 atom stereocenters. The number of nitrogens with zero attached hydrogens (tertiary/aromatic N) is 1. The summed E-state index contributed by atoms with van der Waals surface area (Å²) in [6.45, 7) is 4.59. The molecule has 0 heterocycles. The Morgan fingerprint density at radius 3 is 0.964 bits per heavy atom. The van der Waals surface area contributed by atoms with Crippen LogP contribution in [0.2, 0.25) is 0 Å². The highest BCUT2D eigenvalue weighted by atomic mass is 16.7. The average molecular weight is 1150 g/mol. The highest BCUT2D eigenvalue weighted by Gasteiger charge is 2.25.